The topological polar surface area (TPSA) is 161 Å². The molecule has 153 valence electrons. The summed E-state index contributed by atoms with van der Waals surface area (Å²) >= 11 is 0. The summed E-state index contributed by atoms with van der Waals surface area (Å²) in [6.07, 6.45) is 9.16. The van der Waals surface area contributed by atoms with Crippen LogP contribution in [-0.4, -0.2) is 17.0 Å². The average molecular weight is 425 g/mol. The molecule has 0 saturated carbocycles. The van der Waals surface area contributed by atoms with E-state index in [0.717, 1.165) is 6.54 Å². The molecule has 4 N–H and O–H groups in total. The minimum atomic E-state index is 0. The first-order valence-corrected chi connectivity index (χ1v) is 7.33. The van der Waals surface area contributed by atoms with Crippen LogP contribution in [0.4, 0.5) is 0 Å². The van der Waals surface area contributed by atoms with E-state index in [1.807, 2.05) is 18.2 Å². The van der Waals surface area contributed by atoms with Crippen molar-refractivity contribution < 1.29 is 27.2 Å². The number of hydrogen-bond donors (Lipinski definition) is 4. The normalized spacial score (nSPS) is 11.8. The van der Waals surface area contributed by atoms with Gasteiger partial charge in [0.1, 0.15) is 11.4 Å². The maximum atomic E-state index is 9.65. The second-order valence-corrected chi connectivity index (χ2v) is 4.38. The zero-order valence-corrected chi connectivity index (χ0v) is 17.0. The molecule has 0 saturated heterocycles. The van der Waals surface area contributed by atoms with Gasteiger partial charge >= 0.3 is 16.8 Å². The number of hydroxylamine groups is 2. The molecule has 1 heterocycles. The Kier molecular flexibility index (Phi) is 30.4. The summed E-state index contributed by atoms with van der Waals surface area (Å²) < 4.78 is 0. The molecule has 0 atom stereocenters. The second-order valence-electron chi connectivity index (χ2n) is 4.38. The van der Waals surface area contributed by atoms with E-state index in [1.165, 1.54) is 20.3 Å². The smallest absolute Gasteiger partial charge is 0.687 e. The quantitative estimate of drug-likeness (QED) is 0.299. The first-order chi connectivity index (χ1) is 12.4. The zero-order chi connectivity index (χ0) is 20.8. The molecule has 0 aromatic carbocycles. The zero-order valence-electron chi connectivity index (χ0n) is 15.9. The van der Waals surface area contributed by atoms with Crippen LogP contribution < -0.4 is 11.0 Å². The minimum absolute atomic E-state index is 0. The Balaban J connectivity index is -0.000000133. The van der Waals surface area contributed by atoms with Gasteiger partial charge in [-0.25, -0.2) is 5.26 Å². The first kappa shape index (κ1) is 32.1. The number of rotatable bonds is 4. The van der Waals surface area contributed by atoms with Gasteiger partial charge < -0.3 is 5.32 Å². The number of allylic oxidation sites excluding steroid dienone is 6. The third kappa shape index (κ3) is 25.7. The summed E-state index contributed by atoms with van der Waals surface area (Å²) in [5, 5.41) is 32.9. The maximum Gasteiger partial charge on any atom is 2.00 e. The summed E-state index contributed by atoms with van der Waals surface area (Å²) in [7, 11) is 0. The number of nitriles is 1. The van der Waals surface area contributed by atoms with Crippen molar-refractivity contribution in [3.63, 3.8) is 0 Å². The Bertz CT molecular complexity index is 512. The van der Waals surface area contributed by atoms with Crippen LogP contribution in [0.25, 0.3) is 5.32 Å². The first-order valence-electron chi connectivity index (χ1n) is 7.33. The molecule has 1 rings (SSSR count). The SMILES string of the molecule is C1=CC[N-]C=C1.CC(N=O)=C(C)NO.CC(N=O)=C(C)NO.C[CH-]C#N.[Co+2]. The van der Waals surface area contributed by atoms with Crippen molar-refractivity contribution in [2.45, 2.75) is 34.6 Å². The van der Waals surface area contributed by atoms with Gasteiger partial charge in [-0.2, -0.15) is 13.1 Å². The van der Waals surface area contributed by atoms with Gasteiger partial charge in [0.2, 0.25) is 0 Å². The van der Waals surface area contributed by atoms with Crippen molar-refractivity contribution in [1.82, 2.24) is 11.0 Å². The van der Waals surface area contributed by atoms with Crippen LogP contribution >= 0.6 is 0 Å². The largest absolute Gasteiger partial charge is 2.00 e. The molecule has 1 radical (unpaired) electrons. The third-order valence-corrected chi connectivity index (χ3v) is 2.47. The van der Waals surface area contributed by atoms with Gasteiger partial charge in [-0.3, -0.25) is 27.8 Å². The molecular weight excluding hydrogens is 399 g/mol. The van der Waals surface area contributed by atoms with Crippen LogP contribution in [0.2, 0.25) is 0 Å². The van der Waals surface area contributed by atoms with Crippen LogP contribution in [0.3, 0.4) is 0 Å². The monoisotopic (exact) mass is 425 g/mol. The third-order valence-electron chi connectivity index (χ3n) is 2.47. The number of nitroso groups, excluding NO2 is 2. The molecule has 1 aliphatic rings. The van der Waals surface area contributed by atoms with Gasteiger partial charge in [0, 0.05) is 0 Å². The fourth-order valence-corrected chi connectivity index (χ4v) is 0.670. The number of hydrogen-bond acceptors (Lipinski definition) is 9. The fourth-order valence-electron chi connectivity index (χ4n) is 0.670. The molecule has 0 amide bonds. The van der Waals surface area contributed by atoms with Gasteiger partial charge in [0.15, 0.2) is 0 Å². The van der Waals surface area contributed by atoms with E-state index in [4.69, 9.17) is 15.7 Å². The molecule has 0 aromatic heterocycles. The summed E-state index contributed by atoms with van der Waals surface area (Å²) in [6.45, 7) is 8.67. The van der Waals surface area contributed by atoms with Gasteiger partial charge in [-0.05, 0) is 38.0 Å². The van der Waals surface area contributed by atoms with Crippen LogP contribution in [0.1, 0.15) is 34.6 Å². The van der Waals surface area contributed by atoms with Gasteiger partial charge in [-0.15, -0.1) is 28.5 Å². The van der Waals surface area contributed by atoms with Crippen molar-refractivity contribution >= 4 is 0 Å². The van der Waals surface area contributed by atoms with E-state index < -0.39 is 0 Å². The van der Waals surface area contributed by atoms with Crippen molar-refractivity contribution in [3.8, 4) is 6.07 Å². The number of nitrogens with zero attached hydrogens (tertiary/aromatic N) is 4. The summed E-state index contributed by atoms with van der Waals surface area (Å²) in [5.74, 6) is 0. The predicted molar refractivity (Wildman–Crippen MR) is 100 cm³/mol. The Morgan fingerprint density at radius 1 is 1.07 bits per heavy atom. The van der Waals surface area contributed by atoms with Crippen molar-refractivity contribution in [3.05, 3.63) is 68.8 Å². The molecule has 0 bridgehead atoms. The Hall–Kier alpha value is -2.65. The molecule has 1 aliphatic heterocycles. The fraction of sp³-hybridized carbons (Fsp3) is 0.375. The maximum absolute atomic E-state index is 9.65. The van der Waals surface area contributed by atoms with Crippen LogP contribution in [-0.2, 0) is 16.8 Å². The van der Waals surface area contributed by atoms with Gasteiger partial charge in [-0.1, -0.05) is 12.2 Å². The van der Waals surface area contributed by atoms with E-state index in [0.29, 0.717) is 11.4 Å². The van der Waals surface area contributed by atoms with Crippen molar-refractivity contribution in [2.75, 3.05) is 6.54 Å². The van der Waals surface area contributed by atoms with E-state index >= 15 is 0 Å². The Labute approximate surface area is 170 Å². The molecular formula is C16H26CoN6O4. The Morgan fingerprint density at radius 3 is 1.56 bits per heavy atom. The summed E-state index contributed by atoms with van der Waals surface area (Å²) in [4.78, 5) is 19.3. The molecule has 10 nitrogen and oxygen atoms in total. The van der Waals surface area contributed by atoms with Crippen molar-refractivity contribution in [2.24, 2.45) is 10.4 Å². The van der Waals surface area contributed by atoms with E-state index in [2.05, 4.69) is 15.7 Å². The molecule has 0 fully saturated rings. The number of nitrogens with one attached hydrogen (secondary N) is 2. The Morgan fingerprint density at radius 2 is 1.48 bits per heavy atom. The second kappa shape index (κ2) is 25.6. The van der Waals surface area contributed by atoms with Crippen molar-refractivity contribution in [1.29, 1.82) is 5.26 Å². The van der Waals surface area contributed by atoms with Crippen LogP contribution in [0.5, 0.6) is 0 Å². The van der Waals surface area contributed by atoms with E-state index in [9.17, 15) is 9.81 Å². The minimum Gasteiger partial charge on any atom is -0.687 e. The summed E-state index contributed by atoms with van der Waals surface area (Å²) in [6, 6.07) is 1.81. The molecule has 11 heteroatoms. The molecule has 0 unspecified atom stereocenters. The molecule has 0 aromatic rings. The van der Waals surface area contributed by atoms with Gasteiger partial charge in [0.05, 0.1) is 11.4 Å². The van der Waals surface area contributed by atoms with Crippen LogP contribution in [0.15, 0.2) is 57.6 Å². The predicted octanol–water partition coefficient (Wildman–Crippen LogP) is 4.14. The van der Waals surface area contributed by atoms with E-state index in [-0.39, 0.29) is 28.2 Å². The molecule has 0 aliphatic carbocycles. The van der Waals surface area contributed by atoms with E-state index in [1.54, 1.807) is 44.0 Å². The average Bonchev–Trinajstić information content (AvgIpc) is 2.73. The summed E-state index contributed by atoms with van der Waals surface area (Å²) in [5.41, 5.74) is 4.87. The van der Waals surface area contributed by atoms with Crippen LogP contribution in [0, 0.1) is 27.6 Å². The van der Waals surface area contributed by atoms with Gasteiger partial charge in [0.25, 0.3) is 0 Å². The molecule has 0 spiro atoms. The molecule has 27 heavy (non-hydrogen) atoms. The standard InChI is InChI=1S/C5H6N.2C4H8N2O2.C3H4N.Co/c1-2-4-6-5-3-1;2*1-3(5-7)4(2)6-8;1-2-3-4;/h1-4H,5H2;2*5,7H,1-2H3;2H,1H3;/q-1;;;-1;+2.